The number of halogens is 1. The summed E-state index contributed by atoms with van der Waals surface area (Å²) in [5.41, 5.74) is 1.07. The molecule has 1 amide bonds. The second kappa shape index (κ2) is 6.40. The highest BCUT2D eigenvalue weighted by Crippen LogP contribution is 2.34. The molecule has 0 bridgehead atoms. The SMILES string of the molecule is Cl.O=C(C1CC1)N(c1ccccc1)C1CCNCC1. The van der Waals surface area contributed by atoms with Crippen LogP contribution in [-0.4, -0.2) is 25.0 Å². The molecule has 0 spiro atoms. The Labute approximate surface area is 120 Å². The van der Waals surface area contributed by atoms with Crippen LogP contribution in [0.1, 0.15) is 25.7 Å². The van der Waals surface area contributed by atoms with Gasteiger partial charge in [0.25, 0.3) is 0 Å². The first-order valence-electron chi connectivity index (χ1n) is 6.95. The number of hydrogen-bond donors (Lipinski definition) is 1. The van der Waals surface area contributed by atoms with Crippen LogP contribution in [0.5, 0.6) is 0 Å². The van der Waals surface area contributed by atoms with Crippen molar-refractivity contribution in [2.45, 2.75) is 31.7 Å². The van der Waals surface area contributed by atoms with Crippen LogP contribution >= 0.6 is 12.4 Å². The first kappa shape index (κ1) is 14.4. The lowest BCUT2D eigenvalue weighted by molar-refractivity contribution is -0.120. The number of anilines is 1. The summed E-state index contributed by atoms with van der Waals surface area (Å²) < 4.78 is 0. The molecule has 3 rings (SSSR count). The second-order valence-electron chi connectivity index (χ2n) is 5.30. The molecule has 1 saturated heterocycles. The smallest absolute Gasteiger partial charge is 0.230 e. The van der Waals surface area contributed by atoms with Crippen LogP contribution in [0.25, 0.3) is 0 Å². The number of nitrogens with zero attached hydrogens (tertiary/aromatic N) is 1. The third-order valence-corrected chi connectivity index (χ3v) is 3.87. The van der Waals surface area contributed by atoms with Crippen molar-refractivity contribution in [1.29, 1.82) is 0 Å². The van der Waals surface area contributed by atoms with Crippen LogP contribution < -0.4 is 10.2 Å². The van der Waals surface area contributed by atoms with Gasteiger partial charge >= 0.3 is 0 Å². The molecule has 19 heavy (non-hydrogen) atoms. The molecule has 0 aromatic heterocycles. The lowest BCUT2D eigenvalue weighted by Crippen LogP contribution is -2.47. The number of carbonyl (C=O) groups excluding carboxylic acids is 1. The van der Waals surface area contributed by atoms with Gasteiger partial charge in [-0.1, -0.05) is 18.2 Å². The molecule has 1 aromatic rings. The summed E-state index contributed by atoms with van der Waals surface area (Å²) in [6.07, 6.45) is 4.28. The maximum Gasteiger partial charge on any atom is 0.230 e. The fraction of sp³-hybridized carbons (Fsp3) is 0.533. The molecule has 4 heteroatoms. The van der Waals surface area contributed by atoms with Crippen molar-refractivity contribution >= 4 is 24.0 Å². The Bertz CT molecular complexity index is 413. The van der Waals surface area contributed by atoms with Crippen LogP contribution in [0.2, 0.25) is 0 Å². The summed E-state index contributed by atoms with van der Waals surface area (Å²) in [5, 5.41) is 3.37. The normalized spacial score (nSPS) is 19.6. The number of amides is 1. The van der Waals surface area contributed by atoms with E-state index in [9.17, 15) is 4.79 Å². The van der Waals surface area contributed by atoms with Gasteiger partial charge in [-0.15, -0.1) is 12.4 Å². The van der Waals surface area contributed by atoms with Crippen molar-refractivity contribution in [3.63, 3.8) is 0 Å². The molecule has 1 aromatic carbocycles. The van der Waals surface area contributed by atoms with Gasteiger partial charge in [0.05, 0.1) is 0 Å². The van der Waals surface area contributed by atoms with Gasteiger partial charge in [0.1, 0.15) is 0 Å². The van der Waals surface area contributed by atoms with E-state index in [0.717, 1.165) is 44.5 Å². The van der Waals surface area contributed by atoms with Gasteiger partial charge in [-0.3, -0.25) is 4.79 Å². The van der Waals surface area contributed by atoms with Crippen LogP contribution in [0.4, 0.5) is 5.69 Å². The summed E-state index contributed by atoms with van der Waals surface area (Å²) in [4.78, 5) is 14.6. The minimum atomic E-state index is 0. The standard InChI is InChI=1S/C15H20N2O.ClH/c18-15(12-6-7-12)17(13-4-2-1-3-5-13)14-8-10-16-11-9-14;/h1-5,12,14,16H,6-11H2;1H. The molecule has 1 aliphatic heterocycles. The van der Waals surface area contributed by atoms with E-state index in [0.29, 0.717) is 17.9 Å². The Kier molecular flexibility index (Phi) is 4.83. The van der Waals surface area contributed by atoms with Crippen molar-refractivity contribution in [2.75, 3.05) is 18.0 Å². The van der Waals surface area contributed by atoms with Crippen LogP contribution in [0.3, 0.4) is 0 Å². The van der Waals surface area contributed by atoms with Gasteiger partial charge in [0, 0.05) is 17.6 Å². The van der Waals surface area contributed by atoms with Crippen molar-refractivity contribution in [2.24, 2.45) is 5.92 Å². The van der Waals surface area contributed by atoms with E-state index in [2.05, 4.69) is 22.3 Å². The van der Waals surface area contributed by atoms with E-state index >= 15 is 0 Å². The molecule has 1 saturated carbocycles. The predicted octanol–water partition coefficient (Wildman–Crippen LogP) is 2.60. The van der Waals surface area contributed by atoms with E-state index in [1.807, 2.05) is 18.2 Å². The maximum absolute atomic E-state index is 12.5. The summed E-state index contributed by atoms with van der Waals surface area (Å²) in [5.74, 6) is 0.633. The van der Waals surface area contributed by atoms with Gasteiger partial charge in [-0.25, -0.2) is 0 Å². The Hall–Kier alpha value is -1.06. The minimum absolute atomic E-state index is 0. The highest BCUT2D eigenvalue weighted by Gasteiger charge is 2.37. The Morgan fingerprint density at radius 2 is 1.68 bits per heavy atom. The first-order chi connectivity index (χ1) is 8.86. The molecule has 1 N–H and O–H groups in total. The number of hydrogen-bond acceptors (Lipinski definition) is 2. The van der Waals surface area contributed by atoms with Crippen molar-refractivity contribution < 1.29 is 4.79 Å². The summed E-state index contributed by atoms with van der Waals surface area (Å²) in [6.45, 7) is 2.04. The number of nitrogens with one attached hydrogen (secondary N) is 1. The van der Waals surface area contributed by atoms with E-state index < -0.39 is 0 Å². The average molecular weight is 281 g/mol. The number of piperidine rings is 1. The third kappa shape index (κ3) is 3.28. The zero-order chi connectivity index (χ0) is 12.4. The van der Waals surface area contributed by atoms with E-state index in [1.54, 1.807) is 0 Å². The van der Waals surface area contributed by atoms with Crippen molar-refractivity contribution in [1.82, 2.24) is 5.32 Å². The number of rotatable bonds is 3. The Balaban J connectivity index is 0.00000133. The van der Waals surface area contributed by atoms with E-state index in [1.165, 1.54) is 0 Å². The largest absolute Gasteiger partial charge is 0.317 e. The van der Waals surface area contributed by atoms with E-state index in [4.69, 9.17) is 0 Å². The summed E-state index contributed by atoms with van der Waals surface area (Å²) >= 11 is 0. The van der Waals surface area contributed by atoms with E-state index in [-0.39, 0.29) is 12.4 Å². The molecule has 2 fully saturated rings. The predicted molar refractivity (Wildman–Crippen MR) is 79.8 cm³/mol. The van der Waals surface area contributed by atoms with Gasteiger partial charge < -0.3 is 10.2 Å². The number of benzene rings is 1. The molecule has 2 aliphatic rings. The Morgan fingerprint density at radius 1 is 1.05 bits per heavy atom. The minimum Gasteiger partial charge on any atom is -0.317 e. The maximum atomic E-state index is 12.5. The van der Waals surface area contributed by atoms with Gasteiger partial charge in [-0.05, 0) is 50.9 Å². The molecule has 1 heterocycles. The molecular weight excluding hydrogens is 260 g/mol. The lowest BCUT2D eigenvalue weighted by Gasteiger charge is -2.35. The van der Waals surface area contributed by atoms with Gasteiger partial charge in [0.15, 0.2) is 0 Å². The first-order valence-corrected chi connectivity index (χ1v) is 6.95. The highest BCUT2D eigenvalue weighted by molar-refractivity contribution is 5.97. The van der Waals surface area contributed by atoms with Crippen molar-refractivity contribution in [3.05, 3.63) is 30.3 Å². The second-order valence-corrected chi connectivity index (χ2v) is 5.30. The number of carbonyl (C=O) groups is 1. The molecule has 0 radical (unpaired) electrons. The summed E-state index contributed by atoms with van der Waals surface area (Å²) in [7, 11) is 0. The van der Waals surface area contributed by atoms with Crippen LogP contribution in [-0.2, 0) is 4.79 Å². The summed E-state index contributed by atoms with van der Waals surface area (Å²) in [6, 6.07) is 10.5. The topological polar surface area (TPSA) is 32.3 Å². The monoisotopic (exact) mass is 280 g/mol. The van der Waals surface area contributed by atoms with Crippen LogP contribution in [0.15, 0.2) is 30.3 Å². The van der Waals surface area contributed by atoms with Gasteiger partial charge in [-0.2, -0.15) is 0 Å². The molecule has 1 aliphatic carbocycles. The quantitative estimate of drug-likeness (QED) is 0.923. The molecule has 0 atom stereocenters. The fourth-order valence-electron chi connectivity index (χ4n) is 2.70. The molecule has 3 nitrogen and oxygen atoms in total. The number of para-hydroxylation sites is 1. The molecular formula is C15H21ClN2O. The lowest BCUT2D eigenvalue weighted by atomic mass is 10.0. The van der Waals surface area contributed by atoms with Crippen LogP contribution in [0, 0.1) is 5.92 Å². The van der Waals surface area contributed by atoms with Gasteiger partial charge in [0.2, 0.25) is 5.91 Å². The average Bonchev–Trinajstić information content (AvgIpc) is 3.26. The molecule has 104 valence electrons. The third-order valence-electron chi connectivity index (χ3n) is 3.87. The Morgan fingerprint density at radius 3 is 2.26 bits per heavy atom. The fourth-order valence-corrected chi connectivity index (χ4v) is 2.70. The zero-order valence-corrected chi connectivity index (χ0v) is 11.9. The zero-order valence-electron chi connectivity index (χ0n) is 11.0. The molecule has 0 unspecified atom stereocenters. The highest BCUT2D eigenvalue weighted by atomic mass is 35.5. The van der Waals surface area contributed by atoms with Crippen molar-refractivity contribution in [3.8, 4) is 0 Å².